The molecule has 21 heavy (non-hydrogen) atoms. The van der Waals surface area contributed by atoms with E-state index in [2.05, 4.69) is 4.74 Å². The molecule has 0 aromatic heterocycles. The lowest BCUT2D eigenvalue weighted by molar-refractivity contribution is -0.159. The summed E-state index contributed by atoms with van der Waals surface area (Å²) in [5.74, 6) is -0.264. The molecule has 0 heterocycles. The summed E-state index contributed by atoms with van der Waals surface area (Å²) in [4.78, 5) is 23.0. The summed E-state index contributed by atoms with van der Waals surface area (Å²) in [6.07, 6.45) is 0.0893. The van der Waals surface area contributed by atoms with Crippen molar-refractivity contribution in [3.63, 3.8) is 0 Å². The largest absolute Gasteiger partial charge is 0.493 e. The fourth-order valence-corrected chi connectivity index (χ4v) is 1.52. The third kappa shape index (κ3) is 5.72. The van der Waals surface area contributed by atoms with E-state index in [9.17, 15) is 9.59 Å². The fourth-order valence-electron chi connectivity index (χ4n) is 1.52. The zero-order valence-electron chi connectivity index (χ0n) is 12.5. The van der Waals surface area contributed by atoms with Crippen LogP contribution in [0, 0.1) is 5.41 Å². The number of anilines is 1. The van der Waals surface area contributed by atoms with E-state index in [0.717, 1.165) is 0 Å². The maximum atomic E-state index is 11.6. The van der Waals surface area contributed by atoms with Crippen molar-refractivity contribution in [2.24, 2.45) is 5.41 Å². The summed E-state index contributed by atoms with van der Waals surface area (Å²) in [5, 5.41) is 0. The van der Waals surface area contributed by atoms with Gasteiger partial charge in [0.1, 0.15) is 12.4 Å². The van der Waals surface area contributed by atoms with E-state index in [-0.39, 0.29) is 19.6 Å². The van der Waals surface area contributed by atoms with Gasteiger partial charge >= 0.3 is 11.9 Å². The Bertz CT molecular complexity index is 499. The lowest BCUT2D eigenvalue weighted by Gasteiger charge is -2.20. The monoisotopic (exact) mass is 295 g/mol. The number of nitrogen functional groups attached to an aromatic ring is 1. The molecule has 6 heteroatoms. The van der Waals surface area contributed by atoms with E-state index < -0.39 is 17.4 Å². The minimum Gasteiger partial charge on any atom is -0.493 e. The molecule has 0 amide bonds. The van der Waals surface area contributed by atoms with Crippen LogP contribution in [0.4, 0.5) is 5.69 Å². The van der Waals surface area contributed by atoms with Crippen molar-refractivity contribution in [1.82, 2.24) is 0 Å². The van der Waals surface area contributed by atoms with E-state index in [1.54, 1.807) is 38.1 Å². The third-order valence-corrected chi connectivity index (χ3v) is 2.76. The second-order valence-corrected chi connectivity index (χ2v) is 5.21. The summed E-state index contributed by atoms with van der Waals surface area (Å²) in [7, 11) is 1.30. The van der Waals surface area contributed by atoms with Crippen molar-refractivity contribution >= 4 is 17.6 Å². The summed E-state index contributed by atoms with van der Waals surface area (Å²) in [6.45, 7) is 3.45. The molecular formula is C15H21NO5. The maximum absolute atomic E-state index is 11.6. The molecule has 0 spiro atoms. The number of esters is 2. The Kier molecular flexibility index (Phi) is 6.02. The zero-order valence-corrected chi connectivity index (χ0v) is 12.5. The number of nitrogens with two attached hydrogens (primary N) is 1. The van der Waals surface area contributed by atoms with Crippen LogP contribution in [0.25, 0.3) is 0 Å². The van der Waals surface area contributed by atoms with Gasteiger partial charge in [0, 0.05) is 11.8 Å². The molecule has 0 unspecified atom stereocenters. The maximum Gasteiger partial charge on any atom is 0.314 e. The van der Waals surface area contributed by atoms with Gasteiger partial charge in [-0.15, -0.1) is 0 Å². The van der Waals surface area contributed by atoms with Crippen molar-refractivity contribution in [2.45, 2.75) is 20.3 Å². The van der Waals surface area contributed by atoms with Gasteiger partial charge in [0.05, 0.1) is 25.6 Å². The van der Waals surface area contributed by atoms with Crippen LogP contribution in [0.1, 0.15) is 20.3 Å². The Balaban J connectivity index is 2.30. The molecule has 0 saturated heterocycles. The Morgan fingerprint density at radius 3 is 2.62 bits per heavy atom. The van der Waals surface area contributed by atoms with E-state index in [4.69, 9.17) is 15.2 Å². The summed E-state index contributed by atoms with van der Waals surface area (Å²) in [5.41, 5.74) is 5.34. The standard InChI is InChI=1S/C15H21NO5/c1-15(2,14(18)19-3)10-21-13(17)7-8-20-12-6-4-5-11(16)9-12/h4-6,9H,7-8,10,16H2,1-3H3. The molecular weight excluding hydrogens is 274 g/mol. The molecule has 0 saturated carbocycles. The first-order chi connectivity index (χ1) is 9.85. The number of carbonyl (C=O) groups excluding carboxylic acids is 2. The molecule has 0 radical (unpaired) electrons. The smallest absolute Gasteiger partial charge is 0.314 e. The molecule has 0 aliphatic heterocycles. The highest BCUT2D eigenvalue weighted by Crippen LogP contribution is 2.18. The summed E-state index contributed by atoms with van der Waals surface area (Å²) < 4.78 is 15.1. The Morgan fingerprint density at radius 2 is 2.00 bits per heavy atom. The van der Waals surface area contributed by atoms with Crippen molar-refractivity contribution < 1.29 is 23.8 Å². The van der Waals surface area contributed by atoms with Crippen molar-refractivity contribution in [1.29, 1.82) is 0 Å². The first-order valence-electron chi connectivity index (χ1n) is 6.57. The lowest BCUT2D eigenvalue weighted by Crippen LogP contribution is -2.32. The minimum atomic E-state index is -0.862. The normalized spacial score (nSPS) is 10.8. The topological polar surface area (TPSA) is 87.8 Å². The number of methoxy groups -OCH3 is 1. The molecule has 1 aromatic carbocycles. The second kappa shape index (κ2) is 7.52. The van der Waals surface area contributed by atoms with E-state index in [1.165, 1.54) is 7.11 Å². The molecule has 116 valence electrons. The Labute approximate surface area is 124 Å². The molecule has 0 bridgehead atoms. The molecule has 1 rings (SSSR count). The summed E-state index contributed by atoms with van der Waals surface area (Å²) >= 11 is 0. The van der Waals surface area contributed by atoms with Gasteiger partial charge in [-0.05, 0) is 26.0 Å². The van der Waals surface area contributed by atoms with Crippen LogP contribution < -0.4 is 10.5 Å². The van der Waals surface area contributed by atoms with Crippen LogP contribution in [-0.4, -0.2) is 32.3 Å². The molecule has 6 nitrogen and oxygen atoms in total. The highest BCUT2D eigenvalue weighted by Gasteiger charge is 2.30. The van der Waals surface area contributed by atoms with Crippen LogP contribution >= 0.6 is 0 Å². The zero-order chi connectivity index (χ0) is 15.9. The minimum absolute atomic E-state index is 0.0310. The quantitative estimate of drug-likeness (QED) is 0.609. The van der Waals surface area contributed by atoms with Gasteiger partial charge in [0.15, 0.2) is 0 Å². The number of hydrogen-bond donors (Lipinski definition) is 1. The average molecular weight is 295 g/mol. The van der Waals surface area contributed by atoms with Crippen LogP contribution in [-0.2, 0) is 19.1 Å². The van der Waals surface area contributed by atoms with Gasteiger partial charge in [-0.1, -0.05) is 6.07 Å². The van der Waals surface area contributed by atoms with Crippen LogP contribution in [0.15, 0.2) is 24.3 Å². The first-order valence-corrected chi connectivity index (χ1v) is 6.57. The predicted octanol–water partition coefficient (Wildman–Crippen LogP) is 1.78. The number of carbonyl (C=O) groups is 2. The number of benzene rings is 1. The van der Waals surface area contributed by atoms with Gasteiger partial charge in [-0.3, -0.25) is 9.59 Å². The van der Waals surface area contributed by atoms with Crippen LogP contribution in [0.2, 0.25) is 0 Å². The van der Waals surface area contributed by atoms with Crippen LogP contribution in [0.5, 0.6) is 5.75 Å². The molecule has 0 fully saturated rings. The SMILES string of the molecule is COC(=O)C(C)(C)COC(=O)CCOc1cccc(N)c1. The first kappa shape index (κ1) is 16.8. The van der Waals surface area contributed by atoms with Crippen molar-refractivity contribution in [3.05, 3.63) is 24.3 Å². The van der Waals surface area contributed by atoms with E-state index >= 15 is 0 Å². The average Bonchev–Trinajstić information content (AvgIpc) is 2.44. The molecule has 0 aliphatic rings. The van der Waals surface area contributed by atoms with Gasteiger partial charge < -0.3 is 19.9 Å². The van der Waals surface area contributed by atoms with Crippen molar-refractivity contribution in [3.8, 4) is 5.75 Å². The molecule has 0 atom stereocenters. The van der Waals surface area contributed by atoms with E-state index in [1.807, 2.05) is 0 Å². The van der Waals surface area contributed by atoms with Gasteiger partial charge in [-0.25, -0.2) is 0 Å². The van der Waals surface area contributed by atoms with Crippen LogP contribution in [0.3, 0.4) is 0 Å². The number of ether oxygens (including phenoxy) is 3. The highest BCUT2D eigenvalue weighted by molar-refractivity contribution is 5.76. The Hall–Kier alpha value is -2.24. The van der Waals surface area contributed by atoms with Gasteiger partial charge in [-0.2, -0.15) is 0 Å². The summed E-state index contributed by atoms with van der Waals surface area (Å²) in [6, 6.07) is 6.94. The predicted molar refractivity (Wildman–Crippen MR) is 77.7 cm³/mol. The number of hydrogen-bond acceptors (Lipinski definition) is 6. The van der Waals surface area contributed by atoms with Gasteiger partial charge in [0.25, 0.3) is 0 Å². The molecule has 1 aromatic rings. The lowest BCUT2D eigenvalue weighted by atomic mass is 9.95. The van der Waals surface area contributed by atoms with E-state index in [0.29, 0.717) is 11.4 Å². The fraction of sp³-hybridized carbons (Fsp3) is 0.467. The van der Waals surface area contributed by atoms with Gasteiger partial charge in [0.2, 0.25) is 0 Å². The third-order valence-electron chi connectivity index (χ3n) is 2.76. The number of rotatable bonds is 7. The molecule has 2 N–H and O–H groups in total. The highest BCUT2D eigenvalue weighted by atomic mass is 16.5. The molecule has 0 aliphatic carbocycles. The second-order valence-electron chi connectivity index (χ2n) is 5.21. The Morgan fingerprint density at radius 1 is 1.29 bits per heavy atom. The van der Waals surface area contributed by atoms with Crippen molar-refractivity contribution in [2.75, 3.05) is 26.1 Å².